The normalized spacial score (nSPS) is 15.9. The van der Waals surface area contributed by atoms with Crippen LogP contribution in [0, 0.1) is 6.92 Å². The van der Waals surface area contributed by atoms with Crippen molar-refractivity contribution >= 4 is 28.7 Å². The predicted octanol–water partition coefficient (Wildman–Crippen LogP) is 3.94. The first kappa shape index (κ1) is 17.8. The van der Waals surface area contributed by atoms with E-state index in [0.717, 1.165) is 16.6 Å². The summed E-state index contributed by atoms with van der Waals surface area (Å²) >= 11 is 0. The van der Waals surface area contributed by atoms with Crippen molar-refractivity contribution in [2.45, 2.75) is 26.6 Å². The van der Waals surface area contributed by atoms with E-state index in [-0.39, 0.29) is 5.57 Å². The van der Waals surface area contributed by atoms with Gasteiger partial charge in [-0.15, -0.1) is 0 Å². The molecule has 0 saturated carbocycles. The van der Waals surface area contributed by atoms with Crippen molar-refractivity contribution in [1.82, 2.24) is 4.98 Å². The van der Waals surface area contributed by atoms with Crippen molar-refractivity contribution < 1.29 is 23.5 Å². The smallest absolute Gasteiger partial charge is 0.350 e. The van der Waals surface area contributed by atoms with E-state index in [1.165, 1.54) is 20.0 Å². The fourth-order valence-electron chi connectivity index (χ4n) is 2.83. The number of hydrogen-bond acceptors (Lipinski definition) is 7. The van der Waals surface area contributed by atoms with Gasteiger partial charge in [0, 0.05) is 31.3 Å². The van der Waals surface area contributed by atoms with Crippen LogP contribution >= 0.6 is 0 Å². The number of carbonyl (C=O) groups excluding carboxylic acids is 2. The molecule has 7 nitrogen and oxygen atoms in total. The largest absolute Gasteiger partial charge is 0.436 e. The quantitative estimate of drug-likeness (QED) is 0.419. The van der Waals surface area contributed by atoms with Crippen molar-refractivity contribution in [3.8, 4) is 11.5 Å². The molecule has 0 unspecified atom stereocenters. The fraction of sp³-hybridized carbons (Fsp3) is 0.190. The number of fused-ring (bicyclic) bond motifs is 1. The lowest BCUT2D eigenvalue weighted by atomic mass is 10.1. The van der Waals surface area contributed by atoms with Crippen LogP contribution < -0.4 is 5.32 Å². The summed E-state index contributed by atoms with van der Waals surface area (Å²) in [5.41, 5.74) is 3.63. The van der Waals surface area contributed by atoms with Crippen LogP contribution in [0.2, 0.25) is 0 Å². The number of carbonyl (C=O) groups is 2. The van der Waals surface area contributed by atoms with E-state index in [0.29, 0.717) is 17.2 Å². The van der Waals surface area contributed by atoms with Gasteiger partial charge in [0.15, 0.2) is 11.2 Å². The molecule has 3 aromatic rings. The molecule has 1 aromatic heterocycles. The van der Waals surface area contributed by atoms with Crippen LogP contribution in [-0.2, 0) is 19.1 Å². The van der Waals surface area contributed by atoms with Gasteiger partial charge >= 0.3 is 11.9 Å². The Kier molecular flexibility index (Phi) is 4.15. The number of cyclic esters (lactones) is 2. The third-order valence-electron chi connectivity index (χ3n) is 4.27. The Balaban J connectivity index is 1.63. The van der Waals surface area contributed by atoms with Crippen molar-refractivity contribution in [2.24, 2.45) is 0 Å². The Labute approximate surface area is 161 Å². The van der Waals surface area contributed by atoms with Gasteiger partial charge in [-0.1, -0.05) is 18.2 Å². The number of esters is 2. The zero-order chi connectivity index (χ0) is 19.9. The zero-order valence-electron chi connectivity index (χ0n) is 15.6. The van der Waals surface area contributed by atoms with Gasteiger partial charge in [-0.25, -0.2) is 14.6 Å². The third kappa shape index (κ3) is 3.34. The summed E-state index contributed by atoms with van der Waals surface area (Å²) in [6, 6.07) is 13.1. The highest BCUT2D eigenvalue weighted by atomic mass is 16.7. The number of rotatable bonds is 3. The van der Waals surface area contributed by atoms with Gasteiger partial charge in [0.25, 0.3) is 5.79 Å². The summed E-state index contributed by atoms with van der Waals surface area (Å²) in [7, 11) is 0. The SMILES string of the molecule is Cc1ccc(-c2nc3ccccc3o2)cc1NC=C1C(=O)OC(C)(C)OC1=O. The Bertz CT molecular complexity index is 1070. The Hall–Kier alpha value is -3.61. The van der Waals surface area contributed by atoms with E-state index in [9.17, 15) is 9.59 Å². The van der Waals surface area contributed by atoms with E-state index in [1.54, 1.807) is 0 Å². The van der Waals surface area contributed by atoms with Gasteiger partial charge in [0.2, 0.25) is 5.89 Å². The first-order valence-corrected chi connectivity index (χ1v) is 8.72. The van der Waals surface area contributed by atoms with Crippen LogP contribution in [0.3, 0.4) is 0 Å². The van der Waals surface area contributed by atoms with E-state index < -0.39 is 17.7 Å². The summed E-state index contributed by atoms with van der Waals surface area (Å²) in [5.74, 6) is -2.26. The molecular formula is C21H18N2O5. The van der Waals surface area contributed by atoms with Gasteiger partial charge in [-0.2, -0.15) is 0 Å². The molecule has 2 heterocycles. The zero-order valence-corrected chi connectivity index (χ0v) is 15.6. The molecule has 0 radical (unpaired) electrons. The second-order valence-electron chi connectivity index (χ2n) is 6.90. The van der Waals surface area contributed by atoms with E-state index >= 15 is 0 Å². The summed E-state index contributed by atoms with van der Waals surface area (Å²) in [4.78, 5) is 28.6. The first-order valence-electron chi connectivity index (χ1n) is 8.72. The summed E-state index contributed by atoms with van der Waals surface area (Å²) in [6.45, 7) is 4.90. The molecule has 0 amide bonds. The molecule has 0 atom stereocenters. The number of hydrogen-bond donors (Lipinski definition) is 1. The van der Waals surface area contributed by atoms with Gasteiger partial charge in [-0.3, -0.25) is 0 Å². The van der Waals surface area contributed by atoms with Crippen molar-refractivity contribution in [3.05, 3.63) is 59.8 Å². The van der Waals surface area contributed by atoms with Crippen LogP contribution in [0.25, 0.3) is 22.6 Å². The molecule has 1 aliphatic heterocycles. The molecule has 7 heteroatoms. The van der Waals surface area contributed by atoms with Crippen LogP contribution in [0.15, 0.2) is 58.7 Å². The molecular weight excluding hydrogens is 360 g/mol. The number of aromatic nitrogens is 1. The minimum absolute atomic E-state index is 0.203. The average molecular weight is 378 g/mol. The fourth-order valence-corrected chi connectivity index (χ4v) is 2.83. The monoisotopic (exact) mass is 378 g/mol. The van der Waals surface area contributed by atoms with E-state index in [1.807, 2.05) is 49.4 Å². The predicted molar refractivity (Wildman–Crippen MR) is 102 cm³/mol. The highest BCUT2D eigenvalue weighted by Crippen LogP contribution is 2.28. The standard InChI is InChI=1S/C21H18N2O5/c1-12-8-9-13(18-23-15-6-4-5-7-17(15)26-18)10-16(12)22-11-14-19(24)27-21(2,3)28-20(14)25/h4-11,22H,1-3H3. The molecule has 142 valence electrons. The number of benzene rings is 2. The minimum atomic E-state index is -1.27. The number of nitrogens with zero attached hydrogens (tertiary/aromatic N) is 1. The van der Waals surface area contributed by atoms with Gasteiger partial charge < -0.3 is 19.2 Å². The number of anilines is 1. The van der Waals surface area contributed by atoms with Crippen LogP contribution in [0.1, 0.15) is 19.4 Å². The second-order valence-corrected chi connectivity index (χ2v) is 6.90. The minimum Gasteiger partial charge on any atom is -0.436 e. The lowest BCUT2D eigenvalue weighted by Gasteiger charge is -2.29. The number of nitrogens with one attached hydrogen (secondary N) is 1. The molecule has 1 aliphatic rings. The van der Waals surface area contributed by atoms with Crippen molar-refractivity contribution in [2.75, 3.05) is 5.32 Å². The lowest BCUT2D eigenvalue weighted by Crippen LogP contribution is -2.42. The summed E-state index contributed by atoms with van der Waals surface area (Å²) in [6.07, 6.45) is 1.29. The van der Waals surface area contributed by atoms with Crippen molar-refractivity contribution in [1.29, 1.82) is 0 Å². The second kappa shape index (κ2) is 6.53. The maximum absolute atomic E-state index is 12.1. The van der Waals surface area contributed by atoms with E-state index in [4.69, 9.17) is 13.9 Å². The van der Waals surface area contributed by atoms with Crippen LogP contribution in [-0.4, -0.2) is 22.7 Å². The van der Waals surface area contributed by atoms with E-state index in [2.05, 4.69) is 10.3 Å². The molecule has 0 bridgehead atoms. The highest BCUT2D eigenvalue weighted by molar-refractivity contribution is 6.15. The number of ether oxygens (including phenoxy) is 2. The topological polar surface area (TPSA) is 90.7 Å². The number of oxazole rings is 1. The molecule has 28 heavy (non-hydrogen) atoms. The van der Waals surface area contributed by atoms with Gasteiger partial charge in [0.05, 0.1) is 0 Å². The molecule has 4 rings (SSSR count). The number of aryl methyl sites for hydroxylation is 1. The molecule has 1 N–H and O–H groups in total. The maximum Gasteiger partial charge on any atom is 0.350 e. The van der Waals surface area contributed by atoms with Gasteiger partial charge in [0.1, 0.15) is 5.52 Å². The average Bonchev–Trinajstić information content (AvgIpc) is 3.05. The molecule has 1 saturated heterocycles. The third-order valence-corrected chi connectivity index (χ3v) is 4.27. The van der Waals surface area contributed by atoms with Gasteiger partial charge in [-0.05, 0) is 36.8 Å². The molecule has 1 fully saturated rings. The molecule has 0 spiro atoms. The highest BCUT2D eigenvalue weighted by Gasteiger charge is 2.38. The first-order chi connectivity index (χ1) is 13.3. The van der Waals surface area contributed by atoms with Crippen molar-refractivity contribution in [3.63, 3.8) is 0 Å². The number of para-hydroxylation sites is 2. The lowest BCUT2D eigenvalue weighted by molar-refractivity contribution is -0.222. The Morgan fingerprint density at radius 2 is 1.75 bits per heavy atom. The molecule has 0 aliphatic carbocycles. The Morgan fingerprint density at radius 1 is 1.04 bits per heavy atom. The Morgan fingerprint density at radius 3 is 2.46 bits per heavy atom. The summed E-state index contributed by atoms with van der Waals surface area (Å²) in [5, 5.41) is 2.98. The van der Waals surface area contributed by atoms with Crippen LogP contribution in [0.5, 0.6) is 0 Å². The van der Waals surface area contributed by atoms with Crippen LogP contribution in [0.4, 0.5) is 5.69 Å². The molecule has 2 aromatic carbocycles. The summed E-state index contributed by atoms with van der Waals surface area (Å²) < 4.78 is 16.0. The maximum atomic E-state index is 12.1.